The van der Waals surface area contributed by atoms with Gasteiger partial charge in [-0.15, -0.1) is 0 Å². The number of likely N-dealkylation sites (tertiary alicyclic amines) is 1. The second kappa shape index (κ2) is 13.5. The third kappa shape index (κ3) is 6.91. The lowest BCUT2D eigenvalue weighted by Crippen LogP contribution is -2.58. The van der Waals surface area contributed by atoms with Gasteiger partial charge in [0.1, 0.15) is 11.0 Å². The highest BCUT2D eigenvalue weighted by atomic mass is 35.5. The molecule has 0 bridgehead atoms. The van der Waals surface area contributed by atoms with Crippen molar-refractivity contribution >= 4 is 58.5 Å². The number of carbonyl (C=O) groups excluding carboxylic acids is 1. The number of nitrogens with two attached hydrogens (primary N) is 2. The van der Waals surface area contributed by atoms with Crippen LogP contribution in [0.3, 0.4) is 0 Å². The number of aromatic nitrogens is 3. The zero-order valence-corrected chi connectivity index (χ0v) is 25.0. The molecule has 2 aromatic heterocycles. The lowest BCUT2D eigenvalue weighted by molar-refractivity contribution is 0.0491. The molecule has 2 aliphatic rings. The van der Waals surface area contributed by atoms with E-state index >= 15 is 0 Å². The van der Waals surface area contributed by atoms with Crippen LogP contribution < -0.4 is 21.7 Å². The Kier molecular flexibility index (Phi) is 10.1. The van der Waals surface area contributed by atoms with Gasteiger partial charge in [-0.3, -0.25) is 15.1 Å². The summed E-state index contributed by atoms with van der Waals surface area (Å²) >= 11 is 12.5. The minimum atomic E-state index is -0.367. The summed E-state index contributed by atoms with van der Waals surface area (Å²) in [6.07, 6.45) is 2.70. The maximum Gasteiger partial charge on any atom is 0.288 e. The van der Waals surface area contributed by atoms with Gasteiger partial charge in [-0.25, -0.2) is 19.9 Å². The van der Waals surface area contributed by atoms with Crippen LogP contribution in [0.25, 0.3) is 0 Å². The lowest BCUT2D eigenvalue weighted by Gasteiger charge is -2.47. The van der Waals surface area contributed by atoms with Crippen LogP contribution in [0.2, 0.25) is 10.3 Å². The summed E-state index contributed by atoms with van der Waals surface area (Å²) in [6.45, 7) is 7.92. The van der Waals surface area contributed by atoms with Crippen molar-refractivity contribution in [3.8, 4) is 0 Å². The fourth-order valence-electron chi connectivity index (χ4n) is 5.40. The zero-order chi connectivity index (χ0) is 29.7. The molecule has 1 amide bonds. The minimum Gasteiger partial charge on any atom is -0.405 e. The number of amidine groups is 1. The van der Waals surface area contributed by atoms with Gasteiger partial charge in [-0.2, -0.15) is 0 Å². The Morgan fingerprint density at radius 3 is 2.56 bits per heavy atom. The largest absolute Gasteiger partial charge is 0.405 e. The number of aliphatic imine (C=N–C) groups is 1. The highest BCUT2D eigenvalue weighted by molar-refractivity contribution is 6.32. The van der Waals surface area contributed by atoms with E-state index in [1.165, 1.54) is 0 Å². The summed E-state index contributed by atoms with van der Waals surface area (Å²) in [5.41, 5.74) is 12.3. The maximum absolute atomic E-state index is 13.2. The monoisotopic (exact) mass is 605 g/mol. The van der Waals surface area contributed by atoms with Crippen LogP contribution in [0.15, 0.2) is 17.1 Å². The summed E-state index contributed by atoms with van der Waals surface area (Å²) in [5, 5.41) is 11.6. The number of carbonyl (C=O) groups is 1. The van der Waals surface area contributed by atoms with Gasteiger partial charge >= 0.3 is 0 Å². The maximum atomic E-state index is 13.2. The Hall–Kier alpha value is -3.42. The topological polar surface area (TPSA) is 175 Å². The Morgan fingerprint density at radius 1 is 1.17 bits per heavy atom. The predicted molar refractivity (Wildman–Crippen MR) is 162 cm³/mol. The molecule has 2 aliphatic heterocycles. The Bertz CT molecular complexity index is 1300. The van der Waals surface area contributed by atoms with Crippen molar-refractivity contribution in [1.29, 1.82) is 5.41 Å². The first-order chi connectivity index (χ1) is 19.7. The molecule has 0 spiro atoms. The number of anilines is 3. The number of amides is 1. The number of nitrogens with zero attached hydrogens (tertiary/aromatic N) is 7. The molecule has 41 heavy (non-hydrogen) atoms. The number of pyridine rings is 1. The fraction of sp³-hybridized carbons (Fsp3) is 0.538. The SMILES string of the molecule is CCN=C(N)OC(=N)c1nc(Cl)c(N2CCN(C3CCN(C(=O)c4ccc(Cl)nc4NC)CC3)C(CC)C2)nc1N. The number of hydrogen-bond donors (Lipinski definition) is 4. The molecule has 1 atom stereocenters. The van der Waals surface area contributed by atoms with Gasteiger partial charge in [-0.1, -0.05) is 30.1 Å². The number of piperidine rings is 1. The number of nitrogens with one attached hydrogen (secondary N) is 2. The van der Waals surface area contributed by atoms with Crippen molar-refractivity contribution < 1.29 is 9.53 Å². The summed E-state index contributed by atoms with van der Waals surface area (Å²) in [6, 6.07) is 3.84. The zero-order valence-electron chi connectivity index (χ0n) is 23.5. The normalized spacial score (nSPS) is 18.9. The summed E-state index contributed by atoms with van der Waals surface area (Å²) in [5.74, 6) is 0.589. The molecule has 0 saturated carbocycles. The molecule has 0 aromatic carbocycles. The number of piperazine rings is 1. The Balaban J connectivity index is 1.39. The van der Waals surface area contributed by atoms with Crippen LogP contribution in [0, 0.1) is 5.41 Å². The standard InChI is InChI=1S/C26H37Cl2N11O2/c1-4-15-14-38(24-20(28)35-19(21(29)36-24)22(30)41-26(31)33-5-2)12-13-39(15)16-8-10-37(11-9-16)25(40)17-6-7-18(27)34-23(17)32-3/h6-7,15-16,30H,4-5,8-14H2,1-3H3,(H2,29,36)(H2,31,33)(H,32,34). The summed E-state index contributed by atoms with van der Waals surface area (Å²) < 4.78 is 5.19. The first kappa shape index (κ1) is 30.5. The highest BCUT2D eigenvalue weighted by Gasteiger charge is 2.35. The molecule has 4 rings (SSSR count). The molecule has 6 N–H and O–H groups in total. The molecule has 1 unspecified atom stereocenters. The molecule has 2 saturated heterocycles. The van der Waals surface area contributed by atoms with Crippen LogP contribution in [0.1, 0.15) is 49.2 Å². The second-order valence-electron chi connectivity index (χ2n) is 9.87. The summed E-state index contributed by atoms with van der Waals surface area (Å²) in [7, 11) is 1.73. The fourth-order valence-corrected chi connectivity index (χ4v) is 5.80. The van der Waals surface area contributed by atoms with Gasteiger partial charge in [0.15, 0.2) is 22.5 Å². The van der Waals surface area contributed by atoms with Crippen molar-refractivity contribution in [2.75, 3.05) is 62.3 Å². The lowest BCUT2D eigenvalue weighted by atomic mass is 9.97. The van der Waals surface area contributed by atoms with Crippen molar-refractivity contribution in [3.63, 3.8) is 0 Å². The van der Waals surface area contributed by atoms with Crippen molar-refractivity contribution in [3.05, 3.63) is 33.7 Å². The smallest absolute Gasteiger partial charge is 0.288 e. The van der Waals surface area contributed by atoms with Crippen LogP contribution in [-0.2, 0) is 4.74 Å². The molecule has 222 valence electrons. The van der Waals surface area contributed by atoms with E-state index in [1.54, 1.807) is 26.1 Å². The molecule has 2 aromatic rings. The van der Waals surface area contributed by atoms with Crippen LogP contribution >= 0.6 is 23.2 Å². The third-order valence-electron chi connectivity index (χ3n) is 7.45. The van der Waals surface area contributed by atoms with E-state index in [-0.39, 0.29) is 40.5 Å². The molecule has 0 aliphatic carbocycles. The quantitative estimate of drug-likeness (QED) is 0.208. The van der Waals surface area contributed by atoms with Crippen LogP contribution in [0.4, 0.5) is 17.5 Å². The van der Waals surface area contributed by atoms with E-state index in [4.69, 9.17) is 44.8 Å². The van der Waals surface area contributed by atoms with E-state index in [2.05, 4.69) is 42.0 Å². The van der Waals surface area contributed by atoms with Crippen LogP contribution in [-0.4, -0.2) is 101 Å². The van der Waals surface area contributed by atoms with Gasteiger partial charge in [0.2, 0.25) is 5.90 Å². The average Bonchev–Trinajstić information content (AvgIpc) is 2.97. The molecule has 13 nitrogen and oxygen atoms in total. The highest BCUT2D eigenvalue weighted by Crippen LogP contribution is 2.30. The van der Waals surface area contributed by atoms with Gasteiger partial charge in [0.05, 0.1) is 5.56 Å². The van der Waals surface area contributed by atoms with E-state index in [1.807, 2.05) is 4.90 Å². The average molecular weight is 607 g/mol. The van der Waals surface area contributed by atoms with Crippen molar-refractivity contribution in [2.45, 2.75) is 45.2 Å². The van der Waals surface area contributed by atoms with Gasteiger partial charge in [-0.05, 0) is 38.3 Å². The third-order valence-corrected chi connectivity index (χ3v) is 7.91. The Labute approximate surface area is 249 Å². The molecule has 15 heteroatoms. The molecular formula is C26H37Cl2N11O2. The summed E-state index contributed by atoms with van der Waals surface area (Å²) in [4.78, 5) is 36.6. The number of ether oxygens (including phenoxy) is 1. The molecule has 2 fully saturated rings. The number of nitrogen functional groups attached to an aromatic ring is 1. The molecule has 4 heterocycles. The number of hydrogen-bond acceptors (Lipinski definition) is 11. The first-order valence-corrected chi connectivity index (χ1v) is 14.5. The molecule has 0 radical (unpaired) electrons. The van der Waals surface area contributed by atoms with Crippen molar-refractivity contribution in [1.82, 2.24) is 24.8 Å². The number of rotatable bonds is 7. The van der Waals surface area contributed by atoms with Crippen LogP contribution in [0.5, 0.6) is 0 Å². The second-order valence-corrected chi connectivity index (χ2v) is 10.6. The van der Waals surface area contributed by atoms with Gasteiger partial charge in [0.25, 0.3) is 11.9 Å². The predicted octanol–water partition coefficient (Wildman–Crippen LogP) is 2.68. The van der Waals surface area contributed by atoms with E-state index < -0.39 is 0 Å². The number of halogens is 2. The van der Waals surface area contributed by atoms with E-state index in [0.29, 0.717) is 61.1 Å². The van der Waals surface area contributed by atoms with Gasteiger partial charge in [0, 0.05) is 58.4 Å². The first-order valence-electron chi connectivity index (χ1n) is 13.7. The molecular weight excluding hydrogens is 569 g/mol. The van der Waals surface area contributed by atoms with E-state index in [9.17, 15) is 4.79 Å². The van der Waals surface area contributed by atoms with Crippen molar-refractivity contribution in [2.24, 2.45) is 10.7 Å². The van der Waals surface area contributed by atoms with Gasteiger partial charge < -0.3 is 31.3 Å². The van der Waals surface area contributed by atoms with E-state index in [0.717, 1.165) is 25.8 Å². The minimum absolute atomic E-state index is 0.0104. The Morgan fingerprint density at radius 2 is 1.90 bits per heavy atom.